The van der Waals surface area contributed by atoms with Crippen LogP contribution in [0.2, 0.25) is 10.0 Å². The lowest BCUT2D eigenvalue weighted by Gasteiger charge is -2.41. The van der Waals surface area contributed by atoms with E-state index in [0.717, 1.165) is 13.0 Å². The van der Waals surface area contributed by atoms with Gasteiger partial charge in [-0.05, 0) is 61.0 Å². The average Bonchev–Trinajstić information content (AvgIpc) is 3.36. The molecule has 5 rings (SSSR count). The maximum Gasteiger partial charge on any atom is 0.255 e. The smallest absolute Gasteiger partial charge is 0.255 e. The van der Waals surface area contributed by atoms with Gasteiger partial charge in [0.1, 0.15) is 0 Å². The van der Waals surface area contributed by atoms with Gasteiger partial charge in [-0.2, -0.15) is 0 Å². The van der Waals surface area contributed by atoms with Crippen LogP contribution in [-0.4, -0.2) is 65.3 Å². The highest BCUT2D eigenvalue weighted by atomic mass is 35.5. The van der Waals surface area contributed by atoms with E-state index in [1.807, 2.05) is 23.2 Å². The van der Waals surface area contributed by atoms with Crippen molar-refractivity contribution < 1.29 is 9.59 Å². The highest BCUT2D eigenvalue weighted by Gasteiger charge is 2.33. The van der Waals surface area contributed by atoms with Crippen molar-refractivity contribution in [2.24, 2.45) is 0 Å². The number of piperazine rings is 1. The first kappa shape index (κ1) is 26.2. The maximum absolute atomic E-state index is 13.3. The normalized spacial score (nSPS) is 20.1. The van der Waals surface area contributed by atoms with Gasteiger partial charge in [-0.3, -0.25) is 14.5 Å². The van der Waals surface area contributed by atoms with Crippen LogP contribution in [0.3, 0.4) is 0 Å². The van der Waals surface area contributed by atoms with E-state index in [0.29, 0.717) is 48.2 Å². The summed E-state index contributed by atoms with van der Waals surface area (Å²) >= 11 is 14.1. The largest absolute Gasteiger partial charge is 0.339 e. The fourth-order valence-corrected chi connectivity index (χ4v) is 6.84. The Labute approximate surface area is 232 Å². The van der Waals surface area contributed by atoms with Crippen LogP contribution in [0.25, 0.3) is 0 Å². The zero-order chi connectivity index (χ0) is 26.1. The van der Waals surface area contributed by atoms with Gasteiger partial charge in [0.05, 0.1) is 16.6 Å². The number of halogens is 2. The predicted molar refractivity (Wildman–Crippen MR) is 151 cm³/mol. The summed E-state index contributed by atoms with van der Waals surface area (Å²) in [5, 5.41) is 3.03. The van der Waals surface area contributed by atoms with Crippen molar-refractivity contribution >= 4 is 46.4 Å². The molecule has 194 valence electrons. The second-order valence-electron chi connectivity index (χ2n) is 9.96. The molecule has 1 fully saturated rings. The lowest BCUT2D eigenvalue weighted by molar-refractivity contribution is -0.134. The Morgan fingerprint density at radius 1 is 1.03 bits per heavy atom. The lowest BCUT2D eigenvalue weighted by atomic mass is 9.92. The van der Waals surface area contributed by atoms with Crippen molar-refractivity contribution in [3.8, 4) is 0 Å². The van der Waals surface area contributed by atoms with Gasteiger partial charge in [0.2, 0.25) is 5.91 Å². The Kier molecular flexibility index (Phi) is 7.91. The van der Waals surface area contributed by atoms with E-state index >= 15 is 0 Å². The molecule has 1 aromatic heterocycles. The molecule has 3 heterocycles. The molecule has 5 nitrogen and oxygen atoms in total. The molecule has 2 aromatic carbocycles. The van der Waals surface area contributed by atoms with Gasteiger partial charge in [-0.25, -0.2) is 0 Å². The number of hydrogen-bond donors (Lipinski definition) is 0. The number of fused-ring (bicyclic) bond motifs is 1. The van der Waals surface area contributed by atoms with Crippen LogP contribution in [0.15, 0.2) is 53.9 Å². The zero-order valence-corrected chi connectivity index (χ0v) is 23.5. The lowest BCUT2D eigenvalue weighted by Crippen LogP contribution is -2.55. The number of thiophene rings is 1. The molecule has 2 atom stereocenters. The first-order chi connectivity index (χ1) is 17.8. The average molecular weight is 557 g/mol. The fraction of sp³-hybridized carbons (Fsp3) is 0.379. The Morgan fingerprint density at radius 3 is 2.54 bits per heavy atom. The molecule has 2 amide bonds. The van der Waals surface area contributed by atoms with Crippen LogP contribution in [0.1, 0.15) is 51.3 Å². The van der Waals surface area contributed by atoms with Crippen molar-refractivity contribution in [2.75, 3.05) is 32.7 Å². The van der Waals surface area contributed by atoms with E-state index in [2.05, 4.69) is 47.5 Å². The summed E-state index contributed by atoms with van der Waals surface area (Å²) in [6.45, 7) is 7.27. The Balaban J connectivity index is 1.22. The van der Waals surface area contributed by atoms with Gasteiger partial charge < -0.3 is 9.80 Å². The van der Waals surface area contributed by atoms with E-state index in [1.54, 1.807) is 23.1 Å². The molecular formula is C29H31Cl2N3O2S. The van der Waals surface area contributed by atoms with E-state index in [1.165, 1.54) is 21.6 Å². The summed E-state index contributed by atoms with van der Waals surface area (Å²) in [4.78, 5) is 34.0. The molecular weight excluding hydrogens is 525 g/mol. The molecule has 0 aliphatic carbocycles. The summed E-state index contributed by atoms with van der Waals surface area (Å²) in [6, 6.07) is 16.0. The first-order valence-corrected chi connectivity index (χ1v) is 14.4. The zero-order valence-electron chi connectivity index (χ0n) is 21.1. The molecule has 0 N–H and O–H groups in total. The van der Waals surface area contributed by atoms with Crippen molar-refractivity contribution in [3.63, 3.8) is 0 Å². The summed E-state index contributed by atoms with van der Waals surface area (Å²) in [7, 11) is 0. The van der Waals surface area contributed by atoms with E-state index < -0.39 is 0 Å². The van der Waals surface area contributed by atoms with Crippen molar-refractivity contribution in [3.05, 3.63) is 91.1 Å². The third-order valence-corrected chi connectivity index (χ3v) is 9.02. The molecule has 3 aromatic rings. The fourth-order valence-electron chi connectivity index (χ4n) is 5.45. The Bertz CT molecular complexity index is 1290. The summed E-state index contributed by atoms with van der Waals surface area (Å²) < 4.78 is 0. The first-order valence-electron chi connectivity index (χ1n) is 12.7. The standard InChI is InChI=1S/C29H31Cl2N3O2S/c1-19-3-5-21(6-4-19)28-24-11-16-37-26(24)9-12-32(28)13-10-27(35)33-14-15-34(20(2)18-33)29(36)23-8-7-22(30)17-25(23)31/h3-8,11,16-17,20,28H,9-10,12-15,18H2,1-2H3. The Hall–Kier alpha value is -2.38. The maximum atomic E-state index is 13.3. The number of rotatable bonds is 5. The number of benzene rings is 2. The predicted octanol–water partition coefficient (Wildman–Crippen LogP) is 6.07. The molecule has 1 saturated heterocycles. The van der Waals surface area contributed by atoms with Crippen LogP contribution < -0.4 is 0 Å². The molecule has 0 saturated carbocycles. The minimum Gasteiger partial charge on any atom is -0.339 e. The molecule has 0 radical (unpaired) electrons. The number of carbonyl (C=O) groups is 2. The van der Waals surface area contributed by atoms with Crippen LogP contribution in [-0.2, 0) is 11.2 Å². The van der Waals surface area contributed by atoms with Crippen LogP contribution >= 0.6 is 34.5 Å². The molecule has 0 bridgehead atoms. The van der Waals surface area contributed by atoms with Crippen LogP contribution in [0.5, 0.6) is 0 Å². The second kappa shape index (κ2) is 11.2. The quantitative estimate of drug-likeness (QED) is 0.383. The van der Waals surface area contributed by atoms with Crippen molar-refractivity contribution in [2.45, 2.75) is 38.8 Å². The van der Waals surface area contributed by atoms with Crippen molar-refractivity contribution in [1.82, 2.24) is 14.7 Å². The van der Waals surface area contributed by atoms with Gasteiger partial charge in [0, 0.05) is 55.1 Å². The number of amides is 2. The van der Waals surface area contributed by atoms with Crippen LogP contribution in [0, 0.1) is 6.92 Å². The Morgan fingerprint density at radius 2 is 1.81 bits per heavy atom. The molecule has 37 heavy (non-hydrogen) atoms. The molecule has 2 aliphatic heterocycles. The van der Waals surface area contributed by atoms with Crippen LogP contribution in [0.4, 0.5) is 0 Å². The van der Waals surface area contributed by atoms with E-state index in [4.69, 9.17) is 23.2 Å². The topological polar surface area (TPSA) is 43.9 Å². The van der Waals surface area contributed by atoms with E-state index in [9.17, 15) is 9.59 Å². The summed E-state index contributed by atoms with van der Waals surface area (Å²) in [5.74, 6) is 0.0179. The molecule has 0 spiro atoms. The summed E-state index contributed by atoms with van der Waals surface area (Å²) in [5.41, 5.74) is 4.34. The minimum absolute atomic E-state index is 0.0967. The van der Waals surface area contributed by atoms with Gasteiger partial charge in [0.15, 0.2) is 0 Å². The number of aryl methyl sites for hydroxylation is 1. The summed E-state index contributed by atoms with van der Waals surface area (Å²) in [6.07, 6.45) is 1.49. The third-order valence-electron chi connectivity index (χ3n) is 7.47. The third kappa shape index (κ3) is 5.58. The monoisotopic (exact) mass is 555 g/mol. The highest BCUT2D eigenvalue weighted by Crippen LogP contribution is 2.38. The highest BCUT2D eigenvalue weighted by molar-refractivity contribution is 7.10. The SMILES string of the molecule is Cc1ccc(C2c3ccsc3CCN2CCC(=O)N2CCN(C(=O)c3ccc(Cl)cc3Cl)C(C)C2)cc1. The van der Waals surface area contributed by atoms with E-state index in [-0.39, 0.29) is 23.9 Å². The van der Waals surface area contributed by atoms with Gasteiger partial charge in [-0.15, -0.1) is 11.3 Å². The van der Waals surface area contributed by atoms with Gasteiger partial charge in [0.25, 0.3) is 5.91 Å². The van der Waals surface area contributed by atoms with Gasteiger partial charge >= 0.3 is 0 Å². The molecule has 8 heteroatoms. The number of hydrogen-bond acceptors (Lipinski definition) is 4. The van der Waals surface area contributed by atoms with Gasteiger partial charge in [-0.1, -0.05) is 53.0 Å². The minimum atomic E-state index is -0.123. The number of carbonyl (C=O) groups excluding carboxylic acids is 2. The molecule has 2 aliphatic rings. The van der Waals surface area contributed by atoms with Crippen molar-refractivity contribution in [1.29, 1.82) is 0 Å². The molecule has 2 unspecified atom stereocenters. The second-order valence-corrected chi connectivity index (χ2v) is 11.8. The number of nitrogens with zero attached hydrogens (tertiary/aromatic N) is 3.